The normalized spacial score (nSPS) is 20.8. The second-order valence-corrected chi connectivity index (χ2v) is 8.66. The van der Waals surface area contributed by atoms with Gasteiger partial charge in [0.1, 0.15) is 0 Å². The van der Waals surface area contributed by atoms with Crippen LogP contribution in [0, 0.1) is 5.92 Å². The molecule has 1 aromatic heterocycles. The summed E-state index contributed by atoms with van der Waals surface area (Å²) >= 11 is 0. The molecule has 2 heterocycles. The van der Waals surface area contributed by atoms with Gasteiger partial charge < -0.3 is 25.2 Å². The summed E-state index contributed by atoms with van der Waals surface area (Å²) in [5, 5.41) is 6.37. The highest BCUT2D eigenvalue weighted by atomic mass is 19.3. The van der Waals surface area contributed by atoms with Crippen LogP contribution in [0.15, 0.2) is 4.52 Å². The lowest BCUT2D eigenvalue weighted by Gasteiger charge is -2.39. The van der Waals surface area contributed by atoms with Gasteiger partial charge >= 0.3 is 6.03 Å². The van der Waals surface area contributed by atoms with Crippen molar-refractivity contribution in [3.8, 4) is 0 Å². The van der Waals surface area contributed by atoms with Crippen molar-refractivity contribution in [3.05, 3.63) is 11.7 Å². The zero-order chi connectivity index (χ0) is 24.2. The second-order valence-electron chi connectivity index (χ2n) is 8.66. The number of nitrogens with two attached hydrogens (primary N) is 1. The number of ether oxygens (including phenoxy) is 1. The molecule has 12 heteroatoms. The fourth-order valence-electron chi connectivity index (χ4n) is 4.05. The fraction of sp³-hybridized carbons (Fsp3) is 0.762. The molecule has 1 aliphatic heterocycles. The van der Waals surface area contributed by atoms with Crippen molar-refractivity contribution in [2.24, 2.45) is 11.7 Å². The van der Waals surface area contributed by atoms with Crippen LogP contribution in [0.25, 0.3) is 0 Å². The van der Waals surface area contributed by atoms with E-state index in [9.17, 15) is 23.2 Å². The number of halogens is 2. The molecule has 10 nitrogen and oxygen atoms in total. The van der Waals surface area contributed by atoms with Gasteiger partial charge in [-0.1, -0.05) is 25.4 Å². The maximum atomic E-state index is 14.6. The van der Waals surface area contributed by atoms with Crippen LogP contribution in [0.2, 0.25) is 0 Å². The summed E-state index contributed by atoms with van der Waals surface area (Å²) in [6.07, 6.45) is 1.04. The molecule has 3 N–H and O–H groups in total. The van der Waals surface area contributed by atoms with Gasteiger partial charge in [0.2, 0.25) is 17.6 Å². The highest BCUT2D eigenvalue weighted by molar-refractivity contribution is 5.98. The average Bonchev–Trinajstić information content (AvgIpc) is 3.51. The minimum absolute atomic E-state index is 0.0885. The molecule has 3 amide bonds. The van der Waals surface area contributed by atoms with E-state index in [4.69, 9.17) is 15.0 Å². The summed E-state index contributed by atoms with van der Waals surface area (Å²) in [6, 6.07) is -2.84. The molecule has 1 saturated carbocycles. The third-order valence-electron chi connectivity index (χ3n) is 6.02. The number of amides is 3. The quantitative estimate of drug-likeness (QED) is 0.472. The number of hydrogen-bond donors (Lipinski definition) is 2. The molecule has 1 aromatic rings. The number of carbonyl (C=O) groups excluding carboxylic acids is 3. The van der Waals surface area contributed by atoms with Gasteiger partial charge in [-0.25, -0.2) is 13.6 Å². The lowest BCUT2D eigenvalue weighted by atomic mass is 9.88. The van der Waals surface area contributed by atoms with Crippen LogP contribution in [0.5, 0.6) is 0 Å². The van der Waals surface area contributed by atoms with Crippen LogP contribution in [-0.4, -0.2) is 70.5 Å². The minimum atomic E-state index is -3.14. The van der Waals surface area contributed by atoms with Crippen molar-refractivity contribution in [2.45, 2.75) is 76.3 Å². The molecular weight excluding hydrogens is 440 g/mol. The first-order valence-corrected chi connectivity index (χ1v) is 11.4. The van der Waals surface area contributed by atoms with E-state index in [2.05, 4.69) is 15.5 Å². The van der Waals surface area contributed by atoms with Gasteiger partial charge in [0.25, 0.3) is 5.89 Å². The number of nitrogens with one attached hydrogen (secondary N) is 1. The third-order valence-corrected chi connectivity index (χ3v) is 6.02. The number of urea groups is 1. The Hall–Kier alpha value is -2.63. The topological polar surface area (TPSA) is 141 Å². The smallest absolute Gasteiger partial charge is 0.315 e. The molecule has 0 bridgehead atoms. The summed E-state index contributed by atoms with van der Waals surface area (Å²) in [5.41, 5.74) is 5.43. The number of Topliss-reactive ketones (excluding diaryl/α,β-unsaturated/α-hetero) is 1. The van der Waals surface area contributed by atoms with Gasteiger partial charge in [-0.05, 0) is 19.3 Å². The first-order valence-electron chi connectivity index (χ1n) is 11.4. The van der Waals surface area contributed by atoms with E-state index in [1.807, 2.05) is 0 Å². The van der Waals surface area contributed by atoms with E-state index in [0.29, 0.717) is 5.82 Å². The van der Waals surface area contributed by atoms with Gasteiger partial charge in [0, 0.05) is 25.3 Å². The number of rotatable bonds is 11. The van der Waals surface area contributed by atoms with E-state index < -0.39 is 54.5 Å². The first kappa shape index (κ1) is 25.0. The minimum Gasteiger partial charge on any atom is -0.377 e. The summed E-state index contributed by atoms with van der Waals surface area (Å²) in [5.74, 6) is -5.43. The molecule has 0 spiro atoms. The number of primary amides is 1. The highest BCUT2D eigenvalue weighted by Crippen LogP contribution is 2.38. The Balaban J connectivity index is 1.79. The Labute approximate surface area is 190 Å². The molecule has 0 aromatic carbocycles. The van der Waals surface area contributed by atoms with Crippen molar-refractivity contribution in [1.82, 2.24) is 20.4 Å². The third kappa shape index (κ3) is 6.24. The van der Waals surface area contributed by atoms with E-state index >= 15 is 0 Å². The number of nitrogens with zero attached hydrogens (tertiary/aromatic N) is 3. The Bertz CT molecular complexity index is 860. The Morgan fingerprint density at radius 3 is 2.64 bits per heavy atom. The first-order chi connectivity index (χ1) is 15.7. The van der Waals surface area contributed by atoms with Crippen molar-refractivity contribution in [1.29, 1.82) is 0 Å². The zero-order valence-electron chi connectivity index (χ0n) is 18.9. The zero-order valence-corrected chi connectivity index (χ0v) is 18.9. The summed E-state index contributed by atoms with van der Waals surface area (Å²) < 4.78 is 39.6. The maximum absolute atomic E-state index is 14.6. The van der Waals surface area contributed by atoms with E-state index in [0.717, 1.165) is 12.8 Å². The summed E-state index contributed by atoms with van der Waals surface area (Å²) in [7, 11) is 0. The van der Waals surface area contributed by atoms with E-state index in [1.54, 1.807) is 13.8 Å². The lowest BCUT2D eigenvalue weighted by molar-refractivity contribution is -0.135. The Morgan fingerprint density at radius 1 is 1.30 bits per heavy atom. The number of hydrogen-bond acceptors (Lipinski definition) is 7. The van der Waals surface area contributed by atoms with Gasteiger partial charge in [-0.3, -0.25) is 9.59 Å². The van der Waals surface area contributed by atoms with Gasteiger partial charge in [0.05, 0.1) is 31.2 Å². The van der Waals surface area contributed by atoms with Crippen molar-refractivity contribution >= 4 is 17.7 Å². The molecule has 3 unspecified atom stereocenters. The van der Waals surface area contributed by atoms with Crippen LogP contribution in [0.3, 0.4) is 0 Å². The fourth-order valence-corrected chi connectivity index (χ4v) is 4.05. The largest absolute Gasteiger partial charge is 0.377 e. The Morgan fingerprint density at radius 2 is 2.03 bits per heavy atom. The van der Waals surface area contributed by atoms with Crippen LogP contribution in [0.4, 0.5) is 13.6 Å². The SMILES string of the molecule is CCCC(F)(F)CC(C(=O)NC(CC)C(=O)c1nc(C2CC2)no1)C1COCCN1C(N)=O. The average molecular weight is 472 g/mol. The van der Waals surface area contributed by atoms with Gasteiger partial charge in [-0.2, -0.15) is 4.98 Å². The molecule has 3 atom stereocenters. The van der Waals surface area contributed by atoms with Gasteiger partial charge in [0.15, 0.2) is 5.82 Å². The number of alkyl halides is 2. The molecular formula is C21H31F2N5O5. The number of carbonyl (C=O) groups is 3. The van der Waals surface area contributed by atoms with Crippen LogP contribution in [0.1, 0.15) is 74.8 Å². The molecule has 2 aliphatic rings. The molecule has 1 saturated heterocycles. The predicted octanol–water partition coefficient (Wildman–Crippen LogP) is 2.25. The molecule has 2 fully saturated rings. The van der Waals surface area contributed by atoms with E-state index in [1.165, 1.54) is 4.90 Å². The maximum Gasteiger partial charge on any atom is 0.315 e. The number of ketones is 1. The molecule has 184 valence electrons. The van der Waals surface area contributed by atoms with E-state index in [-0.39, 0.29) is 44.4 Å². The number of aromatic nitrogens is 2. The molecule has 33 heavy (non-hydrogen) atoms. The molecule has 1 aliphatic carbocycles. The molecule has 3 rings (SSSR count). The summed E-state index contributed by atoms with van der Waals surface area (Å²) in [6.45, 7) is 3.46. The van der Waals surface area contributed by atoms with Crippen molar-refractivity contribution < 1.29 is 32.4 Å². The van der Waals surface area contributed by atoms with Crippen molar-refractivity contribution in [3.63, 3.8) is 0 Å². The molecule has 0 radical (unpaired) electrons. The van der Waals surface area contributed by atoms with Crippen LogP contribution in [-0.2, 0) is 9.53 Å². The Kier molecular flexibility index (Phi) is 7.98. The van der Waals surface area contributed by atoms with Crippen LogP contribution >= 0.6 is 0 Å². The van der Waals surface area contributed by atoms with Gasteiger partial charge in [-0.15, -0.1) is 0 Å². The number of morpholine rings is 1. The monoisotopic (exact) mass is 471 g/mol. The van der Waals surface area contributed by atoms with Crippen LogP contribution < -0.4 is 11.1 Å². The highest BCUT2D eigenvalue weighted by Gasteiger charge is 2.44. The van der Waals surface area contributed by atoms with Crippen molar-refractivity contribution in [2.75, 3.05) is 19.8 Å². The standard InChI is InChI=1S/C21H31F2N5O5/c1-3-7-21(22,23)10-13(15-11-32-9-8-28(15)20(24)31)18(30)25-14(4-2)16(29)19-26-17(27-33-19)12-5-6-12/h12-15H,3-11H2,1-2H3,(H2,24,31)(H,25,30). The predicted molar refractivity (Wildman–Crippen MR) is 112 cm³/mol. The second kappa shape index (κ2) is 10.5. The summed E-state index contributed by atoms with van der Waals surface area (Å²) in [4.78, 5) is 43.3. The lowest BCUT2D eigenvalue weighted by Crippen LogP contribution is -2.58.